The van der Waals surface area contributed by atoms with Crippen LogP contribution >= 0.6 is 0 Å². The monoisotopic (exact) mass is 246 g/mol. The van der Waals surface area contributed by atoms with Crippen molar-refractivity contribution in [2.75, 3.05) is 18.8 Å². The minimum absolute atomic E-state index is 0.114. The molecule has 0 unspecified atom stereocenters. The van der Waals surface area contributed by atoms with Gasteiger partial charge in [-0.3, -0.25) is 9.48 Å². The van der Waals surface area contributed by atoms with Crippen molar-refractivity contribution in [3.8, 4) is 12.3 Å². The molecule has 0 atom stereocenters. The Labute approximate surface area is 107 Å². The highest BCUT2D eigenvalue weighted by Gasteiger charge is 2.29. The highest BCUT2D eigenvalue weighted by Crippen LogP contribution is 2.30. The molecule has 1 aliphatic rings. The van der Waals surface area contributed by atoms with E-state index in [1.165, 1.54) is 19.0 Å². The van der Waals surface area contributed by atoms with Gasteiger partial charge in [0, 0.05) is 13.1 Å². The number of hydrogen-bond donors (Lipinski definition) is 1. The number of nitrogens with zero attached hydrogens (tertiary/aromatic N) is 3. The first-order valence-electron chi connectivity index (χ1n) is 6.21. The van der Waals surface area contributed by atoms with Crippen LogP contribution in [-0.4, -0.2) is 33.7 Å². The highest BCUT2D eigenvalue weighted by molar-refractivity contribution is 5.97. The van der Waals surface area contributed by atoms with E-state index in [-0.39, 0.29) is 5.91 Å². The lowest BCUT2D eigenvalue weighted by Crippen LogP contribution is -2.35. The van der Waals surface area contributed by atoms with Crippen LogP contribution in [-0.2, 0) is 6.54 Å². The van der Waals surface area contributed by atoms with Gasteiger partial charge in [0.2, 0.25) is 0 Å². The summed E-state index contributed by atoms with van der Waals surface area (Å²) in [6.07, 6.45) is 9.20. The van der Waals surface area contributed by atoms with E-state index in [1.807, 2.05) is 6.92 Å². The molecule has 0 bridgehead atoms. The molecule has 0 saturated heterocycles. The molecule has 1 aliphatic carbocycles. The van der Waals surface area contributed by atoms with Gasteiger partial charge in [-0.15, -0.1) is 6.42 Å². The molecule has 0 radical (unpaired) electrons. The number of aryl methyl sites for hydroxylation is 1. The average molecular weight is 246 g/mol. The van der Waals surface area contributed by atoms with Crippen molar-refractivity contribution >= 4 is 11.6 Å². The van der Waals surface area contributed by atoms with E-state index in [4.69, 9.17) is 12.2 Å². The van der Waals surface area contributed by atoms with Crippen LogP contribution < -0.4 is 5.73 Å². The third kappa shape index (κ3) is 2.48. The van der Waals surface area contributed by atoms with Gasteiger partial charge in [0.1, 0.15) is 5.69 Å². The lowest BCUT2D eigenvalue weighted by molar-refractivity contribution is 0.0758. The molecule has 2 N–H and O–H groups in total. The number of anilines is 1. The molecule has 1 aromatic rings. The molecular formula is C13H18N4O. The predicted molar refractivity (Wildman–Crippen MR) is 69.8 cm³/mol. The number of terminal acetylenes is 1. The normalized spacial score (nSPS) is 14.2. The number of carbonyl (C=O) groups is 1. The van der Waals surface area contributed by atoms with E-state index in [0.717, 1.165) is 6.54 Å². The number of carbonyl (C=O) groups excluding carboxylic acids is 1. The van der Waals surface area contributed by atoms with Gasteiger partial charge in [0.15, 0.2) is 0 Å². The summed E-state index contributed by atoms with van der Waals surface area (Å²) >= 11 is 0. The fourth-order valence-electron chi connectivity index (χ4n) is 1.96. The van der Waals surface area contributed by atoms with Crippen LogP contribution in [0.4, 0.5) is 5.69 Å². The summed E-state index contributed by atoms with van der Waals surface area (Å²) in [5, 5.41) is 4.09. The molecule has 1 heterocycles. The number of aromatic nitrogens is 2. The summed E-state index contributed by atoms with van der Waals surface area (Å²) in [5.41, 5.74) is 6.68. The fraction of sp³-hybridized carbons (Fsp3) is 0.538. The van der Waals surface area contributed by atoms with Gasteiger partial charge in [0.25, 0.3) is 5.91 Å². The van der Waals surface area contributed by atoms with E-state index < -0.39 is 0 Å². The van der Waals surface area contributed by atoms with Crippen LogP contribution in [0.1, 0.15) is 30.3 Å². The minimum atomic E-state index is -0.114. The zero-order valence-electron chi connectivity index (χ0n) is 10.6. The second-order valence-electron chi connectivity index (χ2n) is 4.60. The number of amides is 1. The topological polar surface area (TPSA) is 64.2 Å². The summed E-state index contributed by atoms with van der Waals surface area (Å²) in [6, 6.07) is 0. The lowest BCUT2D eigenvalue weighted by Gasteiger charge is -2.20. The number of hydrogen-bond acceptors (Lipinski definition) is 3. The second kappa shape index (κ2) is 5.13. The SMILES string of the molecule is C#CCN(CC1CC1)C(=O)c1c(N)cnn1CC. The van der Waals surface area contributed by atoms with E-state index in [9.17, 15) is 4.79 Å². The Kier molecular flexibility index (Phi) is 3.56. The maximum absolute atomic E-state index is 12.4. The first-order valence-corrected chi connectivity index (χ1v) is 6.21. The molecule has 1 fully saturated rings. The van der Waals surface area contributed by atoms with E-state index in [0.29, 0.717) is 30.4 Å². The zero-order valence-corrected chi connectivity index (χ0v) is 10.6. The third-order valence-electron chi connectivity index (χ3n) is 3.11. The number of nitrogen functional groups attached to an aromatic ring is 1. The molecule has 5 heteroatoms. The number of rotatable bonds is 5. The van der Waals surface area contributed by atoms with Crippen LogP contribution in [0.25, 0.3) is 0 Å². The third-order valence-corrected chi connectivity index (χ3v) is 3.11. The standard InChI is InChI=1S/C13H18N4O/c1-3-7-16(9-10-5-6-10)13(18)12-11(14)8-15-17(12)4-2/h1,8,10H,4-7,9,14H2,2H3. The molecule has 0 spiro atoms. The molecule has 1 amide bonds. The summed E-state index contributed by atoms with van der Waals surface area (Å²) in [5.74, 6) is 3.02. The van der Waals surface area contributed by atoms with E-state index in [2.05, 4.69) is 11.0 Å². The minimum Gasteiger partial charge on any atom is -0.396 e. The van der Waals surface area contributed by atoms with Crippen molar-refractivity contribution in [2.24, 2.45) is 5.92 Å². The van der Waals surface area contributed by atoms with Gasteiger partial charge in [-0.1, -0.05) is 5.92 Å². The quantitative estimate of drug-likeness (QED) is 0.787. The van der Waals surface area contributed by atoms with Gasteiger partial charge in [0.05, 0.1) is 18.4 Å². The van der Waals surface area contributed by atoms with Crippen molar-refractivity contribution in [3.05, 3.63) is 11.9 Å². The fourth-order valence-corrected chi connectivity index (χ4v) is 1.96. The summed E-state index contributed by atoms with van der Waals surface area (Å²) in [6.45, 7) is 3.59. The van der Waals surface area contributed by atoms with Crippen molar-refractivity contribution < 1.29 is 4.79 Å². The Morgan fingerprint density at radius 3 is 3.00 bits per heavy atom. The molecule has 0 aromatic carbocycles. The summed E-state index contributed by atoms with van der Waals surface area (Å²) in [7, 11) is 0. The largest absolute Gasteiger partial charge is 0.396 e. The van der Waals surface area contributed by atoms with Crippen molar-refractivity contribution in [2.45, 2.75) is 26.3 Å². The molecule has 18 heavy (non-hydrogen) atoms. The number of nitrogens with two attached hydrogens (primary N) is 1. The van der Waals surface area contributed by atoms with Gasteiger partial charge in [-0.25, -0.2) is 0 Å². The van der Waals surface area contributed by atoms with Crippen LogP contribution in [0.5, 0.6) is 0 Å². The molecule has 1 aromatic heterocycles. The Morgan fingerprint density at radius 1 is 1.72 bits per heavy atom. The molecule has 96 valence electrons. The molecular weight excluding hydrogens is 228 g/mol. The summed E-state index contributed by atoms with van der Waals surface area (Å²) in [4.78, 5) is 14.1. The summed E-state index contributed by atoms with van der Waals surface area (Å²) < 4.78 is 1.62. The van der Waals surface area contributed by atoms with Crippen LogP contribution in [0.2, 0.25) is 0 Å². The van der Waals surface area contributed by atoms with Crippen LogP contribution in [0.15, 0.2) is 6.20 Å². The highest BCUT2D eigenvalue weighted by atomic mass is 16.2. The molecule has 0 aliphatic heterocycles. The molecule has 2 rings (SSSR count). The van der Waals surface area contributed by atoms with Crippen LogP contribution in [0.3, 0.4) is 0 Å². The maximum atomic E-state index is 12.4. The Morgan fingerprint density at radius 2 is 2.44 bits per heavy atom. The van der Waals surface area contributed by atoms with Crippen molar-refractivity contribution in [1.29, 1.82) is 0 Å². The Hall–Kier alpha value is -1.96. The van der Waals surface area contributed by atoms with Crippen LogP contribution in [0, 0.1) is 18.3 Å². The van der Waals surface area contributed by atoms with E-state index >= 15 is 0 Å². The Balaban J connectivity index is 2.20. The Bertz CT molecular complexity index is 482. The predicted octanol–water partition coefficient (Wildman–Crippen LogP) is 0.971. The van der Waals surface area contributed by atoms with Crippen molar-refractivity contribution in [1.82, 2.24) is 14.7 Å². The maximum Gasteiger partial charge on any atom is 0.275 e. The average Bonchev–Trinajstić information content (AvgIpc) is 3.09. The molecule has 1 saturated carbocycles. The second-order valence-corrected chi connectivity index (χ2v) is 4.60. The van der Waals surface area contributed by atoms with Gasteiger partial charge in [-0.2, -0.15) is 5.10 Å². The first kappa shape index (κ1) is 12.5. The van der Waals surface area contributed by atoms with Gasteiger partial charge < -0.3 is 10.6 Å². The van der Waals surface area contributed by atoms with Gasteiger partial charge >= 0.3 is 0 Å². The molecule has 5 nitrogen and oxygen atoms in total. The lowest BCUT2D eigenvalue weighted by atomic mass is 10.2. The smallest absolute Gasteiger partial charge is 0.275 e. The van der Waals surface area contributed by atoms with E-state index in [1.54, 1.807) is 9.58 Å². The first-order chi connectivity index (χ1) is 8.67. The zero-order chi connectivity index (χ0) is 13.1. The van der Waals surface area contributed by atoms with Crippen molar-refractivity contribution in [3.63, 3.8) is 0 Å². The van der Waals surface area contributed by atoms with Gasteiger partial charge in [-0.05, 0) is 25.7 Å².